The van der Waals surface area contributed by atoms with Gasteiger partial charge in [0.15, 0.2) is 0 Å². The number of hydrogen-bond donors (Lipinski definition) is 2. The van der Waals surface area contributed by atoms with Gasteiger partial charge in [-0.25, -0.2) is 0 Å². The van der Waals surface area contributed by atoms with Crippen molar-refractivity contribution in [3.05, 3.63) is 64.7 Å². The van der Waals surface area contributed by atoms with Crippen molar-refractivity contribution in [1.82, 2.24) is 9.80 Å². The van der Waals surface area contributed by atoms with Crippen LogP contribution in [0.4, 0.5) is 0 Å². The van der Waals surface area contributed by atoms with E-state index in [4.69, 9.17) is 4.74 Å². The first kappa shape index (κ1) is 23.3. The fraction of sp³-hybridized carbons (Fsp3) is 0.360. The fourth-order valence-corrected chi connectivity index (χ4v) is 4.02. The van der Waals surface area contributed by atoms with Crippen LogP contribution in [0.2, 0.25) is 0 Å². The van der Waals surface area contributed by atoms with Crippen molar-refractivity contribution in [3.8, 4) is 11.5 Å². The Morgan fingerprint density at radius 2 is 1.75 bits per heavy atom. The number of phenolic OH excluding ortho intramolecular Hbond substituents is 1. The number of aromatic hydroxyl groups is 1. The maximum Gasteiger partial charge on any atom is 0.295 e. The van der Waals surface area contributed by atoms with Crippen LogP contribution >= 0.6 is 0 Å². The Balaban J connectivity index is 2.13. The van der Waals surface area contributed by atoms with Crippen LogP contribution in [0.3, 0.4) is 0 Å². The van der Waals surface area contributed by atoms with Gasteiger partial charge in [-0.2, -0.15) is 0 Å². The van der Waals surface area contributed by atoms with E-state index in [9.17, 15) is 19.8 Å². The molecule has 1 heterocycles. The zero-order valence-electron chi connectivity index (χ0n) is 19.0. The Kier molecular flexibility index (Phi) is 7.20. The molecule has 1 saturated heterocycles. The maximum atomic E-state index is 13.1. The summed E-state index contributed by atoms with van der Waals surface area (Å²) in [6.45, 7) is 8.48. The zero-order chi connectivity index (χ0) is 23.4. The second kappa shape index (κ2) is 9.87. The van der Waals surface area contributed by atoms with E-state index in [1.54, 1.807) is 43.5 Å². The smallest absolute Gasteiger partial charge is 0.295 e. The minimum Gasteiger partial charge on any atom is -0.507 e. The largest absolute Gasteiger partial charge is 0.507 e. The Morgan fingerprint density at radius 3 is 2.34 bits per heavy atom. The molecule has 1 atom stereocenters. The Hall–Kier alpha value is -3.32. The third kappa shape index (κ3) is 4.48. The molecule has 3 rings (SSSR count). The molecule has 170 valence electrons. The monoisotopic (exact) mass is 438 g/mol. The van der Waals surface area contributed by atoms with Gasteiger partial charge in [-0.3, -0.25) is 9.59 Å². The van der Waals surface area contributed by atoms with Gasteiger partial charge in [-0.15, -0.1) is 0 Å². The topological polar surface area (TPSA) is 90.3 Å². The van der Waals surface area contributed by atoms with Gasteiger partial charge in [-0.1, -0.05) is 37.6 Å². The number of aryl methyl sites for hydroxylation is 1. The van der Waals surface area contributed by atoms with Crippen LogP contribution in [0.1, 0.15) is 36.6 Å². The molecule has 7 nitrogen and oxygen atoms in total. The molecule has 2 aromatic rings. The van der Waals surface area contributed by atoms with E-state index in [0.717, 1.165) is 18.7 Å². The predicted octanol–water partition coefficient (Wildman–Crippen LogP) is 3.47. The summed E-state index contributed by atoms with van der Waals surface area (Å²) in [5.41, 5.74) is 1.59. The number of likely N-dealkylation sites (tertiary alicyclic amines) is 1. The third-order valence-corrected chi connectivity index (χ3v) is 5.93. The third-order valence-electron chi connectivity index (χ3n) is 5.93. The first-order valence-electron chi connectivity index (χ1n) is 10.8. The van der Waals surface area contributed by atoms with Gasteiger partial charge in [0.05, 0.1) is 24.3 Å². The minimum absolute atomic E-state index is 0.0272. The standard InChI is InChI=1S/C25H30N2O5/c1-5-26(6-2)13-14-27-22(17-8-10-18(32-4)11-9-17)21(24(30)25(27)31)23(29)19-15-16(3)7-12-20(19)28/h7-12,15,22,28-29H,5-6,13-14H2,1-4H3/t22-/m1/s1. The van der Waals surface area contributed by atoms with Crippen molar-refractivity contribution < 1.29 is 24.5 Å². The molecule has 0 bridgehead atoms. The molecular formula is C25H30N2O5. The van der Waals surface area contributed by atoms with Crippen molar-refractivity contribution in [3.63, 3.8) is 0 Å². The van der Waals surface area contributed by atoms with Crippen LogP contribution in [0, 0.1) is 6.92 Å². The van der Waals surface area contributed by atoms with E-state index in [1.807, 2.05) is 20.8 Å². The summed E-state index contributed by atoms with van der Waals surface area (Å²) in [6, 6.07) is 11.1. The lowest BCUT2D eigenvalue weighted by Crippen LogP contribution is -2.38. The number of hydrogen-bond acceptors (Lipinski definition) is 6. The molecule has 0 radical (unpaired) electrons. The quantitative estimate of drug-likeness (QED) is 0.373. The zero-order valence-corrected chi connectivity index (χ0v) is 19.0. The number of nitrogens with zero attached hydrogens (tertiary/aromatic N) is 2. The number of aliphatic hydroxyl groups is 1. The lowest BCUT2D eigenvalue weighted by Gasteiger charge is -2.28. The second-order valence-electron chi connectivity index (χ2n) is 7.81. The van der Waals surface area contributed by atoms with Crippen molar-refractivity contribution in [2.45, 2.75) is 26.8 Å². The van der Waals surface area contributed by atoms with Crippen LogP contribution in [0.25, 0.3) is 5.76 Å². The first-order chi connectivity index (χ1) is 15.3. The molecule has 0 spiro atoms. The number of benzene rings is 2. The minimum atomic E-state index is -0.767. The molecule has 1 fully saturated rings. The summed E-state index contributed by atoms with van der Waals surface area (Å²) in [5.74, 6) is -1.31. The van der Waals surface area contributed by atoms with Crippen LogP contribution in [0.5, 0.6) is 11.5 Å². The van der Waals surface area contributed by atoms with Crippen molar-refractivity contribution in [1.29, 1.82) is 0 Å². The molecule has 2 N–H and O–H groups in total. The lowest BCUT2D eigenvalue weighted by atomic mass is 9.94. The second-order valence-corrected chi connectivity index (χ2v) is 7.81. The highest BCUT2D eigenvalue weighted by Gasteiger charge is 2.46. The molecule has 0 aliphatic carbocycles. The van der Waals surface area contributed by atoms with Gasteiger partial charge in [0.2, 0.25) is 0 Å². The molecule has 2 aromatic carbocycles. The van der Waals surface area contributed by atoms with Crippen LogP contribution in [-0.4, -0.2) is 65.0 Å². The number of phenols is 1. The number of likely N-dealkylation sites (N-methyl/N-ethyl adjacent to an activating group) is 1. The molecular weight excluding hydrogens is 408 g/mol. The van der Waals surface area contributed by atoms with Crippen LogP contribution in [0.15, 0.2) is 48.0 Å². The number of aliphatic hydroxyl groups excluding tert-OH is 1. The first-order valence-corrected chi connectivity index (χ1v) is 10.8. The van der Waals surface area contributed by atoms with Crippen LogP contribution < -0.4 is 4.74 Å². The van der Waals surface area contributed by atoms with Crippen molar-refractivity contribution in [2.75, 3.05) is 33.3 Å². The SMILES string of the molecule is CCN(CC)CCN1C(=O)C(=O)C(=C(O)c2cc(C)ccc2O)[C@H]1c1ccc(OC)cc1. The van der Waals surface area contributed by atoms with E-state index >= 15 is 0 Å². The highest BCUT2D eigenvalue weighted by molar-refractivity contribution is 6.46. The van der Waals surface area contributed by atoms with E-state index in [2.05, 4.69) is 4.90 Å². The molecule has 1 amide bonds. The summed E-state index contributed by atoms with van der Waals surface area (Å²) >= 11 is 0. The summed E-state index contributed by atoms with van der Waals surface area (Å²) in [4.78, 5) is 29.8. The van der Waals surface area contributed by atoms with E-state index in [-0.39, 0.29) is 22.6 Å². The van der Waals surface area contributed by atoms with Gasteiger partial charge in [0.25, 0.3) is 11.7 Å². The highest BCUT2D eigenvalue weighted by Crippen LogP contribution is 2.41. The molecule has 7 heteroatoms. The maximum absolute atomic E-state index is 13.1. The van der Waals surface area contributed by atoms with E-state index in [0.29, 0.717) is 24.4 Å². The Labute approximate surface area is 188 Å². The number of carbonyl (C=O) groups is 2. The van der Waals surface area contributed by atoms with Crippen molar-refractivity contribution in [2.24, 2.45) is 0 Å². The van der Waals surface area contributed by atoms with Gasteiger partial charge in [-0.05, 0) is 49.8 Å². The lowest BCUT2D eigenvalue weighted by molar-refractivity contribution is -0.140. The molecule has 1 aliphatic heterocycles. The van der Waals surface area contributed by atoms with Gasteiger partial charge >= 0.3 is 0 Å². The molecule has 0 saturated carbocycles. The summed E-state index contributed by atoms with van der Waals surface area (Å²) in [6.07, 6.45) is 0. The van der Waals surface area contributed by atoms with Crippen LogP contribution in [-0.2, 0) is 9.59 Å². The number of ether oxygens (including phenoxy) is 1. The van der Waals surface area contributed by atoms with Gasteiger partial charge < -0.3 is 24.7 Å². The summed E-state index contributed by atoms with van der Waals surface area (Å²) in [7, 11) is 1.56. The predicted molar refractivity (Wildman–Crippen MR) is 123 cm³/mol. The van der Waals surface area contributed by atoms with E-state index < -0.39 is 17.7 Å². The summed E-state index contributed by atoms with van der Waals surface area (Å²) < 4.78 is 5.23. The van der Waals surface area contributed by atoms with Gasteiger partial charge in [0.1, 0.15) is 17.3 Å². The molecule has 0 aromatic heterocycles. The number of rotatable bonds is 8. The van der Waals surface area contributed by atoms with E-state index in [1.165, 1.54) is 11.0 Å². The highest BCUT2D eigenvalue weighted by atomic mass is 16.5. The Morgan fingerprint density at radius 1 is 1.09 bits per heavy atom. The molecule has 32 heavy (non-hydrogen) atoms. The number of methoxy groups -OCH3 is 1. The normalized spacial score (nSPS) is 17.9. The molecule has 1 aliphatic rings. The van der Waals surface area contributed by atoms with Gasteiger partial charge in [0, 0.05) is 13.1 Å². The average molecular weight is 439 g/mol. The molecule has 0 unspecified atom stereocenters. The fourth-order valence-electron chi connectivity index (χ4n) is 4.02. The van der Waals surface area contributed by atoms with Crippen molar-refractivity contribution >= 4 is 17.4 Å². The number of Topliss-reactive ketones (excluding diaryl/α,β-unsaturated/α-hetero) is 1. The Bertz CT molecular complexity index is 1030. The average Bonchev–Trinajstić information content (AvgIpc) is 3.05. The number of carbonyl (C=O) groups excluding carboxylic acids is 2. The summed E-state index contributed by atoms with van der Waals surface area (Å²) in [5, 5.41) is 21.4. The number of amides is 1. The number of ketones is 1.